The van der Waals surface area contributed by atoms with Crippen molar-refractivity contribution in [1.29, 1.82) is 0 Å². The fourth-order valence-corrected chi connectivity index (χ4v) is 1.84. The molecule has 0 heterocycles. The molecule has 25 heavy (non-hydrogen) atoms. The molecule has 0 radical (unpaired) electrons. The van der Waals surface area contributed by atoms with Crippen LogP contribution in [0.5, 0.6) is 11.5 Å². The molecule has 0 atom stereocenters. The van der Waals surface area contributed by atoms with E-state index < -0.39 is 10.8 Å². The average Bonchev–Trinajstić information content (AvgIpc) is 2.61. The van der Waals surface area contributed by atoms with Gasteiger partial charge in [-0.3, -0.25) is 14.9 Å². The number of benzene rings is 2. The second-order valence-corrected chi connectivity index (χ2v) is 4.82. The molecule has 8 heteroatoms. The van der Waals surface area contributed by atoms with Crippen molar-refractivity contribution in [3.8, 4) is 11.5 Å². The van der Waals surface area contributed by atoms with Crippen molar-refractivity contribution in [1.82, 2.24) is 5.43 Å². The maximum Gasteiger partial charge on any atom is 0.271 e. The minimum atomic E-state index is -0.592. The Balaban J connectivity index is 2.02. The second kappa shape index (κ2) is 8.25. The molecule has 0 unspecified atom stereocenters. The zero-order chi connectivity index (χ0) is 18.2. The zero-order valence-electron chi connectivity index (χ0n) is 13.1. The first-order valence-electron chi connectivity index (χ1n) is 7.16. The van der Waals surface area contributed by atoms with Crippen molar-refractivity contribution < 1.29 is 19.6 Å². The van der Waals surface area contributed by atoms with E-state index in [0.717, 1.165) is 12.3 Å². The Kier molecular flexibility index (Phi) is 5.83. The number of ether oxygens (including phenoxy) is 1. The summed E-state index contributed by atoms with van der Waals surface area (Å²) in [5, 5.41) is 24.1. The number of phenols is 1. The van der Waals surface area contributed by atoms with E-state index in [9.17, 15) is 20.0 Å². The van der Waals surface area contributed by atoms with Crippen LogP contribution in [-0.4, -0.2) is 28.8 Å². The van der Waals surface area contributed by atoms with Gasteiger partial charge >= 0.3 is 0 Å². The van der Waals surface area contributed by atoms with Gasteiger partial charge < -0.3 is 9.84 Å². The van der Waals surface area contributed by atoms with Gasteiger partial charge in [0.2, 0.25) is 0 Å². The number of nitro benzene ring substituents is 1. The minimum Gasteiger partial charge on any atom is -0.507 e. The van der Waals surface area contributed by atoms with Crippen LogP contribution in [0.15, 0.2) is 60.2 Å². The van der Waals surface area contributed by atoms with Gasteiger partial charge in [0.25, 0.3) is 11.6 Å². The number of nitro groups is 1. The summed E-state index contributed by atoms with van der Waals surface area (Å²) in [6.45, 7) is 3.90. The van der Waals surface area contributed by atoms with Crippen molar-refractivity contribution in [3.05, 3.63) is 76.4 Å². The topological polar surface area (TPSA) is 114 Å². The van der Waals surface area contributed by atoms with Crippen LogP contribution in [0.25, 0.3) is 0 Å². The van der Waals surface area contributed by atoms with Gasteiger partial charge in [0.15, 0.2) is 0 Å². The lowest BCUT2D eigenvalue weighted by molar-refractivity contribution is -0.384. The number of aromatic hydroxyl groups is 1. The van der Waals surface area contributed by atoms with Crippen LogP contribution in [0.4, 0.5) is 5.69 Å². The number of hydrazone groups is 1. The fourth-order valence-electron chi connectivity index (χ4n) is 1.84. The molecule has 1 amide bonds. The zero-order valence-corrected chi connectivity index (χ0v) is 13.1. The van der Waals surface area contributed by atoms with E-state index in [1.54, 1.807) is 30.3 Å². The minimum absolute atomic E-state index is 0.114. The number of hydrogen-bond acceptors (Lipinski definition) is 6. The first kappa shape index (κ1) is 17.7. The number of nitrogens with one attached hydrogen (secondary N) is 1. The third kappa shape index (κ3) is 4.90. The molecule has 8 nitrogen and oxygen atoms in total. The summed E-state index contributed by atoms with van der Waals surface area (Å²) in [5.74, 6) is -0.0646. The third-order valence-electron chi connectivity index (χ3n) is 3.08. The highest BCUT2D eigenvalue weighted by atomic mass is 16.6. The predicted octanol–water partition coefficient (Wildman–Crippen LogP) is 2.63. The van der Waals surface area contributed by atoms with Crippen LogP contribution in [0.2, 0.25) is 0 Å². The van der Waals surface area contributed by atoms with Crippen LogP contribution < -0.4 is 10.2 Å². The smallest absolute Gasteiger partial charge is 0.271 e. The summed E-state index contributed by atoms with van der Waals surface area (Å²) in [7, 11) is 0. The summed E-state index contributed by atoms with van der Waals surface area (Å²) in [6.07, 6.45) is 2.74. The van der Waals surface area contributed by atoms with Gasteiger partial charge in [0, 0.05) is 23.3 Å². The SMILES string of the molecule is C=CCOc1ccc(C(=O)N/N=C\c2cc([N+](=O)[O-])ccc2O)cc1. The summed E-state index contributed by atoms with van der Waals surface area (Å²) in [5.41, 5.74) is 2.55. The van der Waals surface area contributed by atoms with E-state index in [4.69, 9.17) is 4.74 Å². The van der Waals surface area contributed by atoms with Crippen molar-refractivity contribution in [2.24, 2.45) is 5.10 Å². The fraction of sp³-hybridized carbons (Fsp3) is 0.0588. The Morgan fingerprint density at radius 3 is 2.68 bits per heavy atom. The lowest BCUT2D eigenvalue weighted by Gasteiger charge is -2.04. The summed E-state index contributed by atoms with van der Waals surface area (Å²) in [4.78, 5) is 22.1. The maximum absolute atomic E-state index is 12.0. The molecular weight excluding hydrogens is 326 g/mol. The predicted molar refractivity (Wildman–Crippen MR) is 92.0 cm³/mol. The number of nitrogens with zero attached hydrogens (tertiary/aromatic N) is 2. The van der Waals surface area contributed by atoms with Crippen molar-refractivity contribution in [2.75, 3.05) is 6.61 Å². The van der Waals surface area contributed by atoms with Gasteiger partial charge in [-0.25, -0.2) is 5.43 Å². The highest BCUT2D eigenvalue weighted by Gasteiger charge is 2.09. The van der Waals surface area contributed by atoms with Crippen LogP contribution in [0, 0.1) is 10.1 Å². The monoisotopic (exact) mass is 341 g/mol. The maximum atomic E-state index is 12.0. The Labute approximate surface area is 143 Å². The molecule has 128 valence electrons. The van der Waals surface area contributed by atoms with E-state index in [-0.39, 0.29) is 17.0 Å². The standard InChI is InChI=1S/C17H15N3O5/c1-2-9-25-15-6-3-12(4-7-15)17(22)19-18-11-13-10-14(20(23)24)5-8-16(13)21/h2-8,10-11,21H,1,9H2,(H,19,22)/b18-11-. The van der Waals surface area contributed by atoms with E-state index in [1.165, 1.54) is 12.1 Å². The number of carbonyl (C=O) groups is 1. The van der Waals surface area contributed by atoms with Crippen molar-refractivity contribution in [2.45, 2.75) is 0 Å². The lowest BCUT2D eigenvalue weighted by Crippen LogP contribution is -2.17. The average molecular weight is 341 g/mol. The van der Waals surface area contributed by atoms with Crippen LogP contribution >= 0.6 is 0 Å². The quantitative estimate of drug-likeness (QED) is 0.348. The second-order valence-electron chi connectivity index (χ2n) is 4.82. The largest absolute Gasteiger partial charge is 0.507 e. The van der Waals surface area contributed by atoms with E-state index >= 15 is 0 Å². The first-order valence-corrected chi connectivity index (χ1v) is 7.16. The first-order chi connectivity index (χ1) is 12.0. The molecule has 2 N–H and O–H groups in total. The highest BCUT2D eigenvalue weighted by molar-refractivity contribution is 5.95. The Morgan fingerprint density at radius 2 is 2.04 bits per heavy atom. The third-order valence-corrected chi connectivity index (χ3v) is 3.08. The molecule has 2 rings (SSSR count). The molecular formula is C17H15N3O5. The molecule has 0 spiro atoms. The molecule has 2 aromatic rings. The molecule has 0 aliphatic carbocycles. The van der Waals surface area contributed by atoms with Gasteiger partial charge in [-0.15, -0.1) is 0 Å². The number of amides is 1. The summed E-state index contributed by atoms with van der Waals surface area (Å²) < 4.78 is 5.31. The Morgan fingerprint density at radius 1 is 1.32 bits per heavy atom. The molecule has 0 aliphatic rings. The summed E-state index contributed by atoms with van der Waals surface area (Å²) >= 11 is 0. The molecule has 0 aliphatic heterocycles. The van der Waals surface area contributed by atoms with Gasteiger partial charge in [-0.2, -0.15) is 5.10 Å². The van der Waals surface area contributed by atoms with Crippen molar-refractivity contribution >= 4 is 17.8 Å². The number of non-ortho nitro benzene ring substituents is 1. The summed E-state index contributed by atoms with van der Waals surface area (Å²) in [6, 6.07) is 9.90. The van der Waals surface area contributed by atoms with Gasteiger partial charge in [0.1, 0.15) is 18.1 Å². The van der Waals surface area contributed by atoms with Crippen molar-refractivity contribution in [3.63, 3.8) is 0 Å². The van der Waals surface area contributed by atoms with E-state index in [0.29, 0.717) is 17.9 Å². The molecule has 0 fully saturated rings. The van der Waals surface area contributed by atoms with Gasteiger partial charge in [-0.05, 0) is 30.3 Å². The van der Waals surface area contributed by atoms with E-state index in [2.05, 4.69) is 17.1 Å². The molecule has 0 saturated heterocycles. The normalized spacial score (nSPS) is 10.4. The molecule has 2 aromatic carbocycles. The van der Waals surface area contributed by atoms with E-state index in [1.807, 2.05) is 0 Å². The van der Waals surface area contributed by atoms with Crippen LogP contribution in [-0.2, 0) is 0 Å². The number of phenolic OH excluding ortho intramolecular Hbond substituents is 1. The Bertz CT molecular complexity index is 816. The van der Waals surface area contributed by atoms with Crippen LogP contribution in [0.3, 0.4) is 0 Å². The molecule has 0 bridgehead atoms. The Hall–Kier alpha value is -3.68. The molecule has 0 aromatic heterocycles. The lowest BCUT2D eigenvalue weighted by atomic mass is 10.2. The molecule has 0 saturated carbocycles. The van der Waals surface area contributed by atoms with Crippen LogP contribution in [0.1, 0.15) is 15.9 Å². The highest BCUT2D eigenvalue weighted by Crippen LogP contribution is 2.21. The van der Waals surface area contributed by atoms with Gasteiger partial charge in [0.05, 0.1) is 11.1 Å². The number of carbonyl (C=O) groups excluding carboxylic acids is 1. The number of hydrogen-bond donors (Lipinski definition) is 2. The van der Waals surface area contributed by atoms with Gasteiger partial charge in [-0.1, -0.05) is 12.7 Å². The number of rotatable bonds is 7.